The van der Waals surface area contributed by atoms with Gasteiger partial charge in [-0.3, -0.25) is 9.30 Å². The second-order valence-electron chi connectivity index (χ2n) is 9.21. The molecular weight excluding hydrogens is 372 g/mol. The van der Waals surface area contributed by atoms with E-state index in [-0.39, 0.29) is 6.10 Å². The Labute approximate surface area is 179 Å². The van der Waals surface area contributed by atoms with Gasteiger partial charge >= 0.3 is 0 Å². The molecule has 5 rings (SSSR count). The molecule has 1 aromatic carbocycles. The van der Waals surface area contributed by atoms with Crippen LogP contribution >= 0.6 is 0 Å². The van der Waals surface area contributed by atoms with Gasteiger partial charge in [0.05, 0.1) is 12.2 Å². The number of pyridine rings is 1. The van der Waals surface area contributed by atoms with Gasteiger partial charge in [-0.2, -0.15) is 0 Å². The van der Waals surface area contributed by atoms with E-state index in [2.05, 4.69) is 70.7 Å². The number of ether oxygens (including phenoxy) is 1. The minimum atomic E-state index is 0.108. The lowest BCUT2D eigenvalue weighted by molar-refractivity contribution is 0.105. The largest absolute Gasteiger partial charge is 0.484 e. The second kappa shape index (κ2) is 8.03. The molecular formula is C25H32N4O. The quantitative estimate of drug-likeness (QED) is 0.561. The molecule has 0 bridgehead atoms. The fraction of sp³-hybridized carbons (Fsp3) is 0.520. The molecule has 1 aliphatic carbocycles. The van der Waals surface area contributed by atoms with E-state index in [9.17, 15) is 0 Å². The summed E-state index contributed by atoms with van der Waals surface area (Å²) in [5.41, 5.74) is 3.65. The number of fused-ring (bicyclic) bond motifs is 2. The van der Waals surface area contributed by atoms with Gasteiger partial charge in [0.2, 0.25) is 0 Å². The van der Waals surface area contributed by atoms with E-state index < -0.39 is 0 Å². The predicted molar refractivity (Wildman–Crippen MR) is 119 cm³/mol. The van der Waals surface area contributed by atoms with Crippen molar-refractivity contribution in [1.82, 2.24) is 19.5 Å². The Hall–Kier alpha value is -2.40. The van der Waals surface area contributed by atoms with Gasteiger partial charge in [-0.15, -0.1) is 10.2 Å². The average Bonchev–Trinajstić information content (AvgIpc) is 3.19. The SMILES string of the molecule is CC1CCC(Oc2ccc3nnc([C@@H]4CCCCN4C(C)C)n3c2)c2ccccc21. The topological polar surface area (TPSA) is 42.7 Å². The van der Waals surface area contributed by atoms with Gasteiger partial charge in [-0.05, 0) is 75.3 Å². The van der Waals surface area contributed by atoms with Crippen LogP contribution in [0, 0.1) is 0 Å². The maximum Gasteiger partial charge on any atom is 0.161 e. The van der Waals surface area contributed by atoms with Crippen molar-refractivity contribution >= 4 is 5.65 Å². The molecule has 5 nitrogen and oxygen atoms in total. The van der Waals surface area contributed by atoms with Crippen LogP contribution in [0.2, 0.25) is 0 Å². The first-order chi connectivity index (χ1) is 14.6. The van der Waals surface area contributed by atoms with Crippen molar-refractivity contribution in [1.29, 1.82) is 0 Å². The smallest absolute Gasteiger partial charge is 0.161 e. The van der Waals surface area contributed by atoms with Gasteiger partial charge in [-0.1, -0.05) is 37.6 Å². The third-order valence-electron chi connectivity index (χ3n) is 6.92. The Bertz CT molecular complexity index is 1030. The summed E-state index contributed by atoms with van der Waals surface area (Å²) in [6.45, 7) is 7.99. The van der Waals surface area contributed by atoms with Gasteiger partial charge in [0.25, 0.3) is 0 Å². The molecule has 0 radical (unpaired) electrons. The summed E-state index contributed by atoms with van der Waals surface area (Å²) in [4.78, 5) is 2.56. The number of likely N-dealkylation sites (tertiary alicyclic amines) is 1. The molecule has 3 aromatic rings. The lowest BCUT2D eigenvalue weighted by atomic mass is 9.82. The Morgan fingerprint density at radius 3 is 2.63 bits per heavy atom. The molecule has 5 heteroatoms. The van der Waals surface area contributed by atoms with Crippen LogP contribution in [-0.4, -0.2) is 32.1 Å². The van der Waals surface area contributed by atoms with Crippen molar-refractivity contribution in [3.63, 3.8) is 0 Å². The highest BCUT2D eigenvalue weighted by molar-refractivity contribution is 5.42. The molecule has 1 aliphatic heterocycles. The van der Waals surface area contributed by atoms with Crippen molar-refractivity contribution in [2.24, 2.45) is 0 Å². The van der Waals surface area contributed by atoms with E-state index in [0.29, 0.717) is 18.0 Å². The van der Waals surface area contributed by atoms with E-state index >= 15 is 0 Å². The molecule has 1 fully saturated rings. The molecule has 2 aromatic heterocycles. The molecule has 3 atom stereocenters. The molecule has 0 N–H and O–H groups in total. The Morgan fingerprint density at radius 1 is 0.967 bits per heavy atom. The van der Waals surface area contributed by atoms with Crippen molar-refractivity contribution in [3.8, 4) is 5.75 Å². The fourth-order valence-corrected chi connectivity index (χ4v) is 5.29. The first-order valence-electron chi connectivity index (χ1n) is 11.5. The number of rotatable bonds is 4. The minimum absolute atomic E-state index is 0.108. The van der Waals surface area contributed by atoms with Gasteiger partial charge in [0, 0.05) is 6.04 Å². The number of hydrogen-bond donors (Lipinski definition) is 0. The molecule has 2 aliphatic rings. The number of hydrogen-bond acceptors (Lipinski definition) is 4. The lowest BCUT2D eigenvalue weighted by Crippen LogP contribution is -2.39. The van der Waals surface area contributed by atoms with Crippen LogP contribution < -0.4 is 4.74 Å². The number of nitrogens with zero attached hydrogens (tertiary/aromatic N) is 4. The maximum atomic E-state index is 6.53. The molecule has 30 heavy (non-hydrogen) atoms. The minimum Gasteiger partial charge on any atom is -0.484 e. The second-order valence-corrected chi connectivity index (χ2v) is 9.21. The summed E-state index contributed by atoms with van der Waals surface area (Å²) >= 11 is 0. The maximum absolute atomic E-state index is 6.53. The first-order valence-corrected chi connectivity index (χ1v) is 11.5. The van der Waals surface area contributed by atoms with Crippen LogP contribution in [0.15, 0.2) is 42.6 Å². The summed E-state index contributed by atoms with van der Waals surface area (Å²) in [5.74, 6) is 2.53. The fourth-order valence-electron chi connectivity index (χ4n) is 5.29. The van der Waals surface area contributed by atoms with Crippen LogP contribution in [-0.2, 0) is 0 Å². The third kappa shape index (κ3) is 3.49. The normalized spacial score (nSPS) is 24.9. The molecule has 0 amide bonds. The molecule has 2 unspecified atom stereocenters. The number of piperidine rings is 1. The van der Waals surface area contributed by atoms with Crippen LogP contribution in [0.1, 0.15) is 87.9 Å². The Morgan fingerprint density at radius 2 is 1.80 bits per heavy atom. The van der Waals surface area contributed by atoms with E-state index in [4.69, 9.17) is 4.74 Å². The third-order valence-corrected chi connectivity index (χ3v) is 6.92. The highest BCUT2D eigenvalue weighted by Crippen LogP contribution is 2.40. The summed E-state index contributed by atoms with van der Waals surface area (Å²) in [7, 11) is 0. The average molecular weight is 405 g/mol. The van der Waals surface area contributed by atoms with Gasteiger partial charge in [-0.25, -0.2) is 0 Å². The van der Waals surface area contributed by atoms with E-state index in [1.165, 1.54) is 24.0 Å². The van der Waals surface area contributed by atoms with Crippen LogP contribution in [0.25, 0.3) is 5.65 Å². The molecule has 3 heterocycles. The Kier molecular flexibility index (Phi) is 5.23. The summed E-state index contributed by atoms with van der Waals surface area (Å²) in [5, 5.41) is 9.05. The van der Waals surface area contributed by atoms with E-state index in [1.54, 1.807) is 0 Å². The zero-order chi connectivity index (χ0) is 20.7. The summed E-state index contributed by atoms with van der Waals surface area (Å²) < 4.78 is 8.69. The lowest BCUT2D eigenvalue weighted by Gasteiger charge is -2.37. The Balaban J connectivity index is 1.46. The monoisotopic (exact) mass is 404 g/mol. The van der Waals surface area contributed by atoms with Gasteiger partial charge < -0.3 is 4.74 Å². The van der Waals surface area contributed by atoms with Crippen molar-refractivity contribution in [2.45, 2.75) is 77.0 Å². The highest BCUT2D eigenvalue weighted by atomic mass is 16.5. The standard InChI is InChI=1S/C25H32N4O/c1-17(2)28-15-7-6-10-22(28)25-27-26-24-14-12-19(16-29(24)25)30-23-13-11-18(3)20-8-4-5-9-21(20)23/h4-5,8-9,12,14,16-18,22-23H,6-7,10-11,13,15H2,1-3H3/t18?,22-,23?/m0/s1. The molecule has 0 spiro atoms. The molecule has 0 saturated carbocycles. The van der Waals surface area contributed by atoms with E-state index in [1.807, 2.05) is 12.1 Å². The van der Waals surface area contributed by atoms with E-state index in [0.717, 1.165) is 43.0 Å². The number of aromatic nitrogens is 3. The van der Waals surface area contributed by atoms with Crippen molar-refractivity contribution in [2.75, 3.05) is 6.54 Å². The van der Waals surface area contributed by atoms with Gasteiger partial charge in [0.15, 0.2) is 11.5 Å². The zero-order valence-corrected chi connectivity index (χ0v) is 18.3. The zero-order valence-electron chi connectivity index (χ0n) is 18.3. The highest BCUT2D eigenvalue weighted by Gasteiger charge is 2.30. The van der Waals surface area contributed by atoms with Gasteiger partial charge in [0.1, 0.15) is 11.9 Å². The number of benzene rings is 1. The molecule has 1 saturated heterocycles. The molecule has 158 valence electrons. The van der Waals surface area contributed by atoms with Crippen LogP contribution in [0.5, 0.6) is 5.75 Å². The first kappa shape index (κ1) is 19.6. The predicted octanol–water partition coefficient (Wildman–Crippen LogP) is 5.68. The summed E-state index contributed by atoms with van der Waals surface area (Å²) in [6, 6.07) is 13.6. The summed E-state index contributed by atoms with van der Waals surface area (Å²) in [6.07, 6.45) is 8.06. The van der Waals surface area contributed by atoms with Crippen LogP contribution in [0.4, 0.5) is 0 Å². The van der Waals surface area contributed by atoms with Crippen molar-refractivity contribution in [3.05, 3.63) is 59.5 Å². The van der Waals surface area contributed by atoms with Crippen LogP contribution in [0.3, 0.4) is 0 Å². The van der Waals surface area contributed by atoms with Crippen molar-refractivity contribution < 1.29 is 4.74 Å².